The Morgan fingerprint density at radius 3 is 2.74 bits per heavy atom. The maximum absolute atomic E-state index is 9.16. The number of benzene rings is 2. The summed E-state index contributed by atoms with van der Waals surface area (Å²) in [7, 11) is 1.95. The van der Waals surface area contributed by atoms with Crippen LogP contribution in [0.5, 0.6) is 0 Å². The molecule has 4 heteroatoms. The van der Waals surface area contributed by atoms with Crippen molar-refractivity contribution in [2.75, 3.05) is 16.8 Å². The molecular weight excluding hydrogens is 414 g/mol. The van der Waals surface area contributed by atoms with Crippen LogP contribution in [0.4, 0.5) is 17.1 Å². The summed E-state index contributed by atoms with van der Waals surface area (Å²) < 4.78 is 0. The average molecular weight is 425 g/mol. The molecule has 0 saturated heterocycles. The molecule has 0 spiro atoms. The first-order chi connectivity index (χ1) is 8.81. The average Bonchev–Trinajstić information content (AvgIpc) is 2.77. The summed E-state index contributed by atoms with van der Waals surface area (Å²) in [6.45, 7) is 1.97. The van der Waals surface area contributed by atoms with Crippen LogP contribution in [-0.4, -0.2) is 7.05 Å². The molecule has 19 heavy (non-hydrogen) atoms. The molecular formula is C15H11IrN3-2. The Morgan fingerprint density at radius 1 is 1.21 bits per heavy atom. The van der Waals surface area contributed by atoms with E-state index < -0.39 is 0 Å². The van der Waals surface area contributed by atoms with Crippen molar-refractivity contribution in [2.45, 2.75) is 0 Å². The maximum atomic E-state index is 9.16. The zero-order chi connectivity index (χ0) is 12.5. The standard InChI is InChI=1S/C15H11N3.Ir/c1-17-11-18(13-7-3-2-4-8-13)14-9-5-6-12(10-16)15(14)17;/h2-7,9,11H,1H3;/q-2;. The second-order valence-corrected chi connectivity index (χ2v) is 4.13. The van der Waals surface area contributed by atoms with Gasteiger partial charge in [0.15, 0.2) is 0 Å². The Kier molecular flexibility index (Phi) is 3.90. The van der Waals surface area contributed by atoms with Gasteiger partial charge in [0, 0.05) is 31.5 Å². The van der Waals surface area contributed by atoms with Crippen molar-refractivity contribution >= 4 is 17.1 Å². The van der Waals surface area contributed by atoms with E-state index in [1.807, 2.05) is 66.0 Å². The van der Waals surface area contributed by atoms with Crippen LogP contribution >= 0.6 is 0 Å². The number of hydrogen-bond acceptors (Lipinski definition) is 3. The topological polar surface area (TPSA) is 30.3 Å². The van der Waals surface area contributed by atoms with Gasteiger partial charge >= 0.3 is 0 Å². The Balaban J connectivity index is 0.00000133. The third-order valence-electron chi connectivity index (χ3n) is 2.99. The van der Waals surface area contributed by atoms with Gasteiger partial charge in [0.1, 0.15) is 6.07 Å². The molecule has 1 aliphatic rings. The van der Waals surface area contributed by atoms with E-state index in [0.717, 1.165) is 17.1 Å². The van der Waals surface area contributed by atoms with Crippen molar-refractivity contribution < 1.29 is 20.1 Å². The quantitative estimate of drug-likeness (QED) is 0.658. The molecule has 0 bridgehead atoms. The van der Waals surface area contributed by atoms with E-state index in [0.29, 0.717) is 5.56 Å². The summed E-state index contributed by atoms with van der Waals surface area (Å²) >= 11 is 0. The van der Waals surface area contributed by atoms with Crippen LogP contribution in [0.25, 0.3) is 0 Å². The Bertz CT molecular complexity index is 619. The molecule has 3 nitrogen and oxygen atoms in total. The molecule has 0 aromatic heterocycles. The third-order valence-corrected chi connectivity index (χ3v) is 2.99. The molecule has 0 unspecified atom stereocenters. The predicted octanol–water partition coefficient (Wildman–Crippen LogP) is 3.06. The number of rotatable bonds is 1. The minimum absolute atomic E-state index is 0. The molecule has 3 rings (SSSR count). The molecule has 0 aliphatic carbocycles. The molecule has 0 saturated carbocycles. The summed E-state index contributed by atoms with van der Waals surface area (Å²) in [5.74, 6) is 0. The van der Waals surface area contributed by atoms with Crippen molar-refractivity contribution in [3.8, 4) is 6.07 Å². The number of nitriles is 1. The molecule has 0 amide bonds. The van der Waals surface area contributed by atoms with Crippen LogP contribution in [-0.2, 0) is 20.1 Å². The number of para-hydroxylation sites is 2. The van der Waals surface area contributed by atoms with Gasteiger partial charge in [-0.15, -0.1) is 5.69 Å². The van der Waals surface area contributed by atoms with Gasteiger partial charge in [-0.25, -0.2) is 0 Å². The summed E-state index contributed by atoms with van der Waals surface area (Å²) in [4.78, 5) is 4.00. The van der Waals surface area contributed by atoms with Gasteiger partial charge < -0.3 is 9.80 Å². The monoisotopic (exact) mass is 426 g/mol. The number of hydrogen-bond donors (Lipinski definition) is 0. The van der Waals surface area contributed by atoms with Crippen LogP contribution in [0.3, 0.4) is 0 Å². The van der Waals surface area contributed by atoms with E-state index in [-0.39, 0.29) is 20.1 Å². The summed E-state index contributed by atoms with van der Waals surface area (Å²) in [6, 6.07) is 19.0. The minimum atomic E-state index is 0. The molecule has 1 heterocycles. The summed E-state index contributed by atoms with van der Waals surface area (Å²) in [5, 5.41) is 9.16. The summed E-state index contributed by atoms with van der Waals surface area (Å²) in [5.41, 5.74) is 3.61. The Labute approximate surface area is 126 Å². The molecule has 2 aromatic rings. The maximum Gasteiger partial charge on any atom is 0.101 e. The SMILES string of the molecule is CN1[CH-]N(c2[c-]cccc2)c2cccc(C#N)c21.[Ir]. The van der Waals surface area contributed by atoms with Gasteiger partial charge in [0.05, 0.1) is 5.56 Å². The van der Waals surface area contributed by atoms with Crippen molar-refractivity contribution in [1.82, 2.24) is 0 Å². The van der Waals surface area contributed by atoms with Crippen molar-refractivity contribution in [2.24, 2.45) is 0 Å². The smallest absolute Gasteiger partial charge is 0.101 e. The van der Waals surface area contributed by atoms with Gasteiger partial charge in [-0.2, -0.15) is 42.3 Å². The van der Waals surface area contributed by atoms with Crippen LogP contribution in [0, 0.1) is 24.1 Å². The fraction of sp³-hybridized carbons (Fsp3) is 0.0667. The number of fused-ring (bicyclic) bond motifs is 1. The van der Waals surface area contributed by atoms with Gasteiger partial charge in [-0.05, 0) is 19.2 Å². The van der Waals surface area contributed by atoms with Gasteiger partial charge in [0.2, 0.25) is 0 Å². The van der Waals surface area contributed by atoms with E-state index in [1.165, 1.54) is 0 Å². The van der Waals surface area contributed by atoms with Crippen LogP contribution in [0.1, 0.15) is 5.56 Å². The molecule has 97 valence electrons. The molecule has 0 fully saturated rings. The van der Waals surface area contributed by atoms with Gasteiger partial charge in [-0.3, -0.25) is 0 Å². The van der Waals surface area contributed by atoms with Crippen LogP contribution in [0.2, 0.25) is 0 Å². The third kappa shape index (κ3) is 2.23. The normalized spacial score (nSPS) is 12.6. The first-order valence-electron chi connectivity index (χ1n) is 5.68. The van der Waals surface area contributed by atoms with E-state index in [1.54, 1.807) is 0 Å². The minimum Gasteiger partial charge on any atom is -0.503 e. The van der Waals surface area contributed by atoms with Crippen molar-refractivity contribution in [1.29, 1.82) is 5.26 Å². The number of anilines is 3. The Morgan fingerprint density at radius 2 is 2.05 bits per heavy atom. The first kappa shape index (κ1) is 13.6. The van der Waals surface area contributed by atoms with Crippen LogP contribution in [0.15, 0.2) is 42.5 Å². The molecule has 0 N–H and O–H groups in total. The second-order valence-electron chi connectivity index (χ2n) is 4.13. The van der Waals surface area contributed by atoms with Crippen molar-refractivity contribution in [3.05, 3.63) is 60.8 Å². The number of nitrogens with zero attached hydrogens (tertiary/aromatic N) is 3. The van der Waals surface area contributed by atoms with Crippen molar-refractivity contribution in [3.63, 3.8) is 0 Å². The molecule has 0 atom stereocenters. The second kappa shape index (κ2) is 5.44. The van der Waals surface area contributed by atoms with E-state index in [9.17, 15) is 0 Å². The van der Waals surface area contributed by atoms with Gasteiger partial charge in [-0.1, -0.05) is 6.07 Å². The summed E-state index contributed by atoms with van der Waals surface area (Å²) in [6.07, 6.45) is 0. The van der Waals surface area contributed by atoms with E-state index >= 15 is 0 Å². The largest absolute Gasteiger partial charge is 0.503 e. The zero-order valence-corrected chi connectivity index (χ0v) is 12.7. The Hall–Kier alpha value is -1.82. The van der Waals surface area contributed by atoms with Crippen LogP contribution < -0.4 is 9.80 Å². The fourth-order valence-electron chi connectivity index (χ4n) is 2.21. The molecule has 1 radical (unpaired) electrons. The van der Waals surface area contributed by atoms with Gasteiger partial charge in [0.25, 0.3) is 0 Å². The molecule has 1 aliphatic heterocycles. The fourth-order valence-corrected chi connectivity index (χ4v) is 2.21. The zero-order valence-electron chi connectivity index (χ0n) is 10.3. The van der Waals surface area contributed by atoms with E-state index in [2.05, 4.69) is 12.1 Å². The molecule has 2 aromatic carbocycles. The predicted molar refractivity (Wildman–Crippen MR) is 71.3 cm³/mol. The van der Waals surface area contributed by atoms with E-state index in [4.69, 9.17) is 5.26 Å². The first-order valence-corrected chi connectivity index (χ1v) is 5.68.